The monoisotopic (exact) mass is 585 g/mol. The van der Waals surface area contributed by atoms with Crippen LogP contribution in [0.15, 0.2) is 36.5 Å². The third-order valence-electron chi connectivity index (χ3n) is 8.89. The second kappa shape index (κ2) is 10.6. The van der Waals surface area contributed by atoms with Gasteiger partial charge in [-0.1, -0.05) is 17.3 Å². The van der Waals surface area contributed by atoms with E-state index in [0.717, 1.165) is 46.0 Å². The predicted molar refractivity (Wildman–Crippen MR) is 155 cm³/mol. The summed E-state index contributed by atoms with van der Waals surface area (Å²) in [6.07, 6.45) is 3.10. The maximum Gasteiger partial charge on any atom is 0.244 e. The van der Waals surface area contributed by atoms with Gasteiger partial charge in [-0.05, 0) is 36.6 Å². The van der Waals surface area contributed by atoms with E-state index >= 15 is 4.39 Å². The number of rotatable bonds is 5. The Morgan fingerprint density at radius 3 is 2.63 bits per heavy atom. The lowest BCUT2D eigenvalue weighted by Crippen LogP contribution is -2.40. The van der Waals surface area contributed by atoms with Crippen molar-refractivity contribution in [3.63, 3.8) is 0 Å². The lowest BCUT2D eigenvalue weighted by Gasteiger charge is -2.30. The van der Waals surface area contributed by atoms with Crippen molar-refractivity contribution in [3.05, 3.63) is 59.4 Å². The summed E-state index contributed by atoms with van der Waals surface area (Å²) < 4.78 is 20.9. The Kier molecular flexibility index (Phi) is 6.68. The molecule has 43 heavy (non-hydrogen) atoms. The molecule has 13 heteroatoms. The Bertz CT molecular complexity index is 1870. The number of aliphatic hydroxyl groups is 1. The van der Waals surface area contributed by atoms with Crippen LogP contribution in [-0.4, -0.2) is 80.9 Å². The van der Waals surface area contributed by atoms with Crippen LogP contribution in [0.3, 0.4) is 0 Å². The van der Waals surface area contributed by atoms with Crippen molar-refractivity contribution in [1.82, 2.24) is 44.4 Å². The number of fused-ring (bicyclic) bond motifs is 3. The van der Waals surface area contributed by atoms with Gasteiger partial charge < -0.3 is 14.9 Å². The minimum atomic E-state index is -0.354. The first-order chi connectivity index (χ1) is 20.8. The van der Waals surface area contributed by atoms with Crippen molar-refractivity contribution in [3.8, 4) is 11.1 Å². The average Bonchev–Trinajstić information content (AvgIpc) is 3.71. The van der Waals surface area contributed by atoms with Crippen molar-refractivity contribution in [1.29, 1.82) is 0 Å². The second-order valence-electron chi connectivity index (χ2n) is 11.4. The molecule has 2 aromatic carbocycles. The van der Waals surface area contributed by atoms with Gasteiger partial charge in [0, 0.05) is 55.9 Å². The van der Waals surface area contributed by atoms with Gasteiger partial charge in [0.1, 0.15) is 18.1 Å². The van der Waals surface area contributed by atoms with Crippen molar-refractivity contribution < 1.29 is 19.1 Å². The lowest BCUT2D eigenvalue weighted by atomic mass is 9.89. The molecule has 2 aliphatic heterocycles. The van der Waals surface area contributed by atoms with Crippen molar-refractivity contribution in [2.75, 3.05) is 19.6 Å². The van der Waals surface area contributed by atoms with Gasteiger partial charge >= 0.3 is 0 Å². The first kappa shape index (κ1) is 27.2. The zero-order chi connectivity index (χ0) is 29.8. The van der Waals surface area contributed by atoms with Gasteiger partial charge in [0.25, 0.3) is 0 Å². The molecule has 0 saturated carbocycles. The van der Waals surface area contributed by atoms with Gasteiger partial charge in [0.2, 0.25) is 11.8 Å². The fourth-order valence-corrected chi connectivity index (χ4v) is 6.50. The van der Waals surface area contributed by atoms with Crippen LogP contribution in [-0.2, 0) is 42.9 Å². The number of carbonyl (C=O) groups excluding carboxylic acids is 2. The number of aliphatic hydroxyl groups excluding tert-OH is 1. The summed E-state index contributed by atoms with van der Waals surface area (Å²) in [5.74, 6) is -0.380. The van der Waals surface area contributed by atoms with Gasteiger partial charge in [-0.3, -0.25) is 19.0 Å². The normalized spacial score (nSPS) is 15.9. The van der Waals surface area contributed by atoms with Gasteiger partial charge in [0.05, 0.1) is 48.3 Å². The topological polar surface area (TPSA) is 127 Å². The van der Waals surface area contributed by atoms with Gasteiger partial charge in [-0.15, -0.1) is 5.10 Å². The number of hydrogen-bond donors (Lipinski definition) is 1. The highest BCUT2D eigenvalue weighted by molar-refractivity contribution is 6.00. The molecule has 0 unspecified atom stereocenters. The maximum atomic E-state index is 15.7. The fourth-order valence-electron chi connectivity index (χ4n) is 6.50. The zero-order valence-corrected chi connectivity index (χ0v) is 24.1. The van der Waals surface area contributed by atoms with E-state index in [0.29, 0.717) is 49.5 Å². The van der Waals surface area contributed by atoms with E-state index in [9.17, 15) is 14.7 Å². The Morgan fingerprint density at radius 1 is 1.05 bits per heavy atom. The molecule has 0 atom stereocenters. The molecule has 1 N–H and O–H groups in total. The molecule has 1 saturated heterocycles. The van der Waals surface area contributed by atoms with Crippen LogP contribution in [0.1, 0.15) is 42.8 Å². The number of amides is 2. The number of likely N-dealkylation sites (tertiary alicyclic amines) is 1. The molecule has 3 aromatic heterocycles. The minimum absolute atomic E-state index is 0.00547. The predicted octanol–water partition coefficient (Wildman–Crippen LogP) is 2.58. The largest absolute Gasteiger partial charge is 0.390 e. The van der Waals surface area contributed by atoms with Crippen LogP contribution >= 0.6 is 0 Å². The van der Waals surface area contributed by atoms with Gasteiger partial charge in [-0.25, -0.2) is 9.07 Å². The Balaban J connectivity index is 1.30. The van der Waals surface area contributed by atoms with Gasteiger partial charge in [0.15, 0.2) is 0 Å². The van der Waals surface area contributed by atoms with Crippen molar-refractivity contribution in [2.24, 2.45) is 7.05 Å². The molecule has 0 radical (unpaired) electrons. The third-order valence-corrected chi connectivity index (χ3v) is 8.89. The molecule has 5 heterocycles. The Morgan fingerprint density at radius 2 is 1.86 bits per heavy atom. The molecule has 0 spiro atoms. The number of aromatic nitrogens is 7. The molecule has 2 aliphatic rings. The third kappa shape index (κ3) is 4.63. The molecule has 7 rings (SSSR count). The number of halogens is 1. The van der Waals surface area contributed by atoms with E-state index < -0.39 is 0 Å². The summed E-state index contributed by atoms with van der Waals surface area (Å²) in [6, 6.07) is 9.02. The number of hydrogen-bond acceptors (Lipinski definition) is 7. The van der Waals surface area contributed by atoms with Crippen LogP contribution in [0, 0.1) is 5.82 Å². The van der Waals surface area contributed by atoms with E-state index in [4.69, 9.17) is 5.10 Å². The summed E-state index contributed by atoms with van der Waals surface area (Å²) in [7, 11) is 1.83. The van der Waals surface area contributed by atoms with Crippen LogP contribution in [0.4, 0.5) is 4.39 Å². The highest BCUT2D eigenvalue weighted by Crippen LogP contribution is 2.40. The highest BCUT2D eigenvalue weighted by atomic mass is 19.1. The van der Waals surface area contributed by atoms with E-state index in [2.05, 4.69) is 15.4 Å². The zero-order valence-electron chi connectivity index (χ0n) is 24.1. The number of piperidine rings is 1. The SMILES string of the molecule is CC(=O)N1CCC(c2nn(CC(=O)N3CCn4nnc(CO)c4C3)c3cccc(-c4cc5c(cnn5C)cc4F)c23)CC1. The van der Waals surface area contributed by atoms with E-state index in [1.807, 2.05) is 36.2 Å². The molecule has 2 amide bonds. The second-order valence-corrected chi connectivity index (χ2v) is 11.4. The number of nitrogens with zero attached hydrogens (tertiary/aromatic N) is 9. The van der Waals surface area contributed by atoms with E-state index in [1.54, 1.807) is 32.1 Å². The van der Waals surface area contributed by atoms with E-state index in [1.165, 1.54) is 6.07 Å². The number of benzene rings is 2. The minimum Gasteiger partial charge on any atom is -0.390 e. The first-order valence-corrected chi connectivity index (χ1v) is 14.5. The smallest absolute Gasteiger partial charge is 0.244 e. The molecule has 0 bridgehead atoms. The van der Waals surface area contributed by atoms with Crippen molar-refractivity contribution in [2.45, 2.75) is 51.9 Å². The molecular weight excluding hydrogens is 553 g/mol. The first-order valence-electron chi connectivity index (χ1n) is 14.5. The summed E-state index contributed by atoms with van der Waals surface area (Å²) in [5, 5.41) is 28.6. The van der Waals surface area contributed by atoms with E-state index in [-0.39, 0.29) is 36.7 Å². The summed E-state index contributed by atoms with van der Waals surface area (Å²) >= 11 is 0. The molecule has 12 nitrogen and oxygen atoms in total. The molecular formula is C30H32FN9O3. The quantitative estimate of drug-likeness (QED) is 0.336. The standard InChI is InChI=1S/C30H32FN9O3/c1-18(42)37-8-6-19(7-9-37)30-29-21(22-13-26-20(12-23(22)31)14-32-36(26)2)4-3-5-25(29)40(34-30)16-28(43)38-10-11-39-27(15-38)24(17-41)33-35-39/h3-5,12-14,19,41H,6-11,15-17H2,1-2H3. The Hall–Kier alpha value is -4.65. The molecule has 1 fully saturated rings. The highest BCUT2D eigenvalue weighted by Gasteiger charge is 2.30. The average molecular weight is 586 g/mol. The van der Waals surface area contributed by atoms with Crippen LogP contribution < -0.4 is 0 Å². The summed E-state index contributed by atoms with van der Waals surface area (Å²) in [4.78, 5) is 29.2. The lowest BCUT2D eigenvalue weighted by molar-refractivity contribution is -0.133. The van der Waals surface area contributed by atoms with Crippen LogP contribution in [0.25, 0.3) is 32.9 Å². The summed E-state index contributed by atoms with van der Waals surface area (Å²) in [6.45, 7) is 3.85. The maximum absolute atomic E-state index is 15.7. The molecule has 222 valence electrons. The Labute approximate surface area is 246 Å². The van der Waals surface area contributed by atoms with Crippen molar-refractivity contribution >= 4 is 33.6 Å². The fraction of sp³-hybridized carbons (Fsp3) is 0.400. The summed E-state index contributed by atoms with van der Waals surface area (Å²) in [5.41, 5.74) is 4.73. The molecule has 0 aliphatic carbocycles. The number of aryl methyl sites for hydroxylation is 1. The van der Waals surface area contributed by atoms with Crippen LogP contribution in [0.2, 0.25) is 0 Å². The number of carbonyl (C=O) groups is 2. The van der Waals surface area contributed by atoms with Gasteiger partial charge in [-0.2, -0.15) is 10.2 Å². The van der Waals surface area contributed by atoms with Crippen LogP contribution in [0.5, 0.6) is 0 Å². The molecule has 5 aromatic rings.